The Morgan fingerprint density at radius 1 is 1.33 bits per heavy atom. The van der Waals surface area contributed by atoms with Crippen LogP contribution < -0.4 is 4.74 Å². The van der Waals surface area contributed by atoms with Crippen molar-refractivity contribution in [3.05, 3.63) is 23.9 Å². The van der Waals surface area contributed by atoms with E-state index in [9.17, 15) is 9.59 Å². The van der Waals surface area contributed by atoms with Gasteiger partial charge < -0.3 is 19.3 Å². The van der Waals surface area contributed by atoms with Crippen LogP contribution in [0.2, 0.25) is 0 Å². The van der Waals surface area contributed by atoms with E-state index in [1.165, 1.54) is 0 Å². The van der Waals surface area contributed by atoms with E-state index in [0.29, 0.717) is 50.7 Å². The molecule has 7 nitrogen and oxygen atoms in total. The highest BCUT2D eigenvalue weighted by Crippen LogP contribution is 2.39. The Morgan fingerprint density at radius 3 is 2.96 bits per heavy atom. The van der Waals surface area contributed by atoms with Gasteiger partial charge in [0.2, 0.25) is 11.8 Å². The van der Waals surface area contributed by atoms with E-state index < -0.39 is 0 Å². The van der Waals surface area contributed by atoms with E-state index in [1.54, 1.807) is 25.4 Å². The topological polar surface area (TPSA) is 72.0 Å². The van der Waals surface area contributed by atoms with Crippen molar-refractivity contribution in [1.29, 1.82) is 0 Å². The predicted molar refractivity (Wildman–Crippen MR) is 101 cm³/mol. The minimum absolute atomic E-state index is 0.0243. The maximum atomic E-state index is 13.1. The van der Waals surface area contributed by atoms with Crippen LogP contribution >= 0.6 is 0 Å². The summed E-state index contributed by atoms with van der Waals surface area (Å²) in [6.45, 7) is 5.60. The molecular formula is C20H29N3O4. The number of carbonyl (C=O) groups excluding carboxylic acids is 2. The van der Waals surface area contributed by atoms with Gasteiger partial charge in [0, 0.05) is 51.3 Å². The summed E-state index contributed by atoms with van der Waals surface area (Å²) in [5.74, 6) is 0.545. The first-order chi connectivity index (χ1) is 13.1. The molecule has 2 aliphatic heterocycles. The van der Waals surface area contributed by atoms with E-state index in [-0.39, 0.29) is 17.2 Å². The molecule has 1 aromatic rings. The second-order valence-corrected chi connectivity index (χ2v) is 7.43. The number of piperidine rings is 2. The summed E-state index contributed by atoms with van der Waals surface area (Å²) in [6, 6.07) is 3.54. The SMILES string of the molecule is CCOc1ncccc1C(=O)N1CCC[C@]2(CCC(=O)N(CCOC)C2)C1. The lowest BCUT2D eigenvalue weighted by atomic mass is 9.73. The van der Waals surface area contributed by atoms with Gasteiger partial charge in [-0.15, -0.1) is 0 Å². The lowest BCUT2D eigenvalue weighted by molar-refractivity contribution is -0.139. The van der Waals surface area contributed by atoms with Crippen LogP contribution in [0, 0.1) is 5.41 Å². The molecule has 1 spiro atoms. The highest BCUT2D eigenvalue weighted by atomic mass is 16.5. The first kappa shape index (κ1) is 19.6. The van der Waals surface area contributed by atoms with Crippen molar-refractivity contribution in [3.63, 3.8) is 0 Å². The van der Waals surface area contributed by atoms with Crippen molar-refractivity contribution in [1.82, 2.24) is 14.8 Å². The van der Waals surface area contributed by atoms with Gasteiger partial charge in [0.1, 0.15) is 5.56 Å². The molecule has 2 saturated heterocycles. The fourth-order valence-electron chi connectivity index (χ4n) is 4.20. The Morgan fingerprint density at radius 2 is 2.19 bits per heavy atom. The lowest BCUT2D eigenvalue weighted by Gasteiger charge is -2.48. The van der Waals surface area contributed by atoms with Crippen molar-refractivity contribution >= 4 is 11.8 Å². The number of pyridine rings is 1. The van der Waals surface area contributed by atoms with Crippen LogP contribution in [0.4, 0.5) is 0 Å². The van der Waals surface area contributed by atoms with Gasteiger partial charge in [-0.1, -0.05) is 0 Å². The maximum Gasteiger partial charge on any atom is 0.259 e. The number of nitrogens with zero attached hydrogens (tertiary/aromatic N) is 3. The summed E-state index contributed by atoms with van der Waals surface area (Å²) in [6.07, 6.45) is 5.01. The highest BCUT2D eigenvalue weighted by molar-refractivity contribution is 5.96. The molecule has 3 rings (SSSR count). The van der Waals surface area contributed by atoms with Crippen LogP contribution in [0.25, 0.3) is 0 Å². The van der Waals surface area contributed by atoms with Crippen LogP contribution in [0.15, 0.2) is 18.3 Å². The third kappa shape index (κ3) is 4.40. The van der Waals surface area contributed by atoms with Crippen LogP contribution in [0.3, 0.4) is 0 Å². The zero-order valence-electron chi connectivity index (χ0n) is 16.3. The third-order valence-electron chi connectivity index (χ3n) is 5.54. The van der Waals surface area contributed by atoms with Gasteiger partial charge in [-0.2, -0.15) is 0 Å². The van der Waals surface area contributed by atoms with Gasteiger partial charge >= 0.3 is 0 Å². The average Bonchev–Trinajstić information content (AvgIpc) is 2.69. The Bertz CT molecular complexity index is 681. The number of methoxy groups -OCH3 is 1. The van der Waals surface area contributed by atoms with Gasteiger partial charge in [-0.3, -0.25) is 9.59 Å². The molecule has 2 amide bonds. The zero-order valence-corrected chi connectivity index (χ0v) is 16.3. The third-order valence-corrected chi connectivity index (χ3v) is 5.54. The van der Waals surface area contributed by atoms with E-state index in [2.05, 4.69) is 4.98 Å². The van der Waals surface area contributed by atoms with Gasteiger partial charge in [-0.05, 0) is 38.3 Å². The molecule has 7 heteroatoms. The summed E-state index contributed by atoms with van der Waals surface area (Å²) in [5, 5.41) is 0. The largest absolute Gasteiger partial charge is 0.477 e. The summed E-state index contributed by atoms with van der Waals surface area (Å²) >= 11 is 0. The molecule has 0 saturated carbocycles. The van der Waals surface area contributed by atoms with Crippen molar-refractivity contribution in [2.75, 3.05) is 46.5 Å². The lowest BCUT2D eigenvalue weighted by Crippen LogP contribution is -2.55. The van der Waals surface area contributed by atoms with E-state index in [4.69, 9.17) is 9.47 Å². The quantitative estimate of drug-likeness (QED) is 0.760. The van der Waals surface area contributed by atoms with Crippen LogP contribution in [-0.4, -0.2) is 73.1 Å². The monoisotopic (exact) mass is 375 g/mol. The van der Waals surface area contributed by atoms with Gasteiger partial charge in [-0.25, -0.2) is 4.98 Å². The molecule has 0 radical (unpaired) electrons. The number of ether oxygens (including phenoxy) is 2. The molecular weight excluding hydrogens is 346 g/mol. The molecule has 2 fully saturated rings. The maximum absolute atomic E-state index is 13.1. The van der Waals surface area contributed by atoms with Gasteiger partial charge in [0.15, 0.2) is 0 Å². The first-order valence-electron chi connectivity index (χ1n) is 9.72. The number of aromatic nitrogens is 1. The minimum atomic E-state index is -0.0361. The Kier molecular flexibility index (Phi) is 6.31. The number of hydrogen-bond acceptors (Lipinski definition) is 5. The molecule has 0 aliphatic carbocycles. The normalized spacial score (nSPS) is 23.0. The van der Waals surface area contributed by atoms with E-state index in [0.717, 1.165) is 25.8 Å². The van der Waals surface area contributed by atoms with Gasteiger partial charge in [0.05, 0.1) is 13.2 Å². The fourth-order valence-corrected chi connectivity index (χ4v) is 4.20. The fraction of sp³-hybridized carbons (Fsp3) is 0.650. The number of amides is 2. The second kappa shape index (κ2) is 8.69. The average molecular weight is 375 g/mol. The first-order valence-corrected chi connectivity index (χ1v) is 9.72. The number of hydrogen-bond donors (Lipinski definition) is 0. The summed E-state index contributed by atoms with van der Waals surface area (Å²) in [5.41, 5.74) is 0.489. The van der Waals surface area contributed by atoms with Crippen molar-refractivity contribution in [2.45, 2.75) is 32.6 Å². The predicted octanol–water partition coefficient (Wildman–Crippen LogP) is 1.97. The summed E-state index contributed by atoms with van der Waals surface area (Å²) in [4.78, 5) is 33.4. The van der Waals surface area contributed by atoms with E-state index in [1.807, 2.05) is 16.7 Å². The number of rotatable bonds is 6. The molecule has 3 heterocycles. The molecule has 27 heavy (non-hydrogen) atoms. The van der Waals surface area contributed by atoms with Crippen LogP contribution in [-0.2, 0) is 9.53 Å². The molecule has 1 atom stereocenters. The molecule has 0 N–H and O–H groups in total. The number of likely N-dealkylation sites (tertiary alicyclic amines) is 2. The number of carbonyl (C=O) groups is 2. The smallest absolute Gasteiger partial charge is 0.259 e. The standard InChI is InChI=1S/C20H29N3O4/c1-3-27-18-16(6-4-10-21-18)19(25)23-11-5-8-20(15-23)9-7-17(24)22(14-20)12-13-26-2/h4,6,10H,3,5,7-9,11-15H2,1-2H3/t20-/m1/s1. The minimum Gasteiger partial charge on any atom is -0.477 e. The second-order valence-electron chi connectivity index (χ2n) is 7.43. The molecule has 0 unspecified atom stereocenters. The molecule has 2 aliphatic rings. The van der Waals surface area contributed by atoms with Crippen LogP contribution in [0.5, 0.6) is 5.88 Å². The van der Waals surface area contributed by atoms with Crippen LogP contribution in [0.1, 0.15) is 43.0 Å². The van der Waals surface area contributed by atoms with Crippen molar-refractivity contribution in [3.8, 4) is 5.88 Å². The van der Waals surface area contributed by atoms with Gasteiger partial charge in [0.25, 0.3) is 5.91 Å². The highest BCUT2D eigenvalue weighted by Gasteiger charge is 2.43. The Hall–Kier alpha value is -2.15. The molecule has 148 valence electrons. The van der Waals surface area contributed by atoms with E-state index >= 15 is 0 Å². The molecule has 0 bridgehead atoms. The Labute approximate surface area is 160 Å². The summed E-state index contributed by atoms with van der Waals surface area (Å²) < 4.78 is 10.7. The van der Waals surface area contributed by atoms with Crippen molar-refractivity contribution in [2.24, 2.45) is 5.41 Å². The summed E-state index contributed by atoms with van der Waals surface area (Å²) in [7, 11) is 1.65. The molecule has 1 aromatic heterocycles. The van der Waals surface area contributed by atoms with Crippen molar-refractivity contribution < 1.29 is 19.1 Å². The Balaban J connectivity index is 1.74. The zero-order chi connectivity index (χ0) is 19.3. The molecule has 0 aromatic carbocycles.